The summed E-state index contributed by atoms with van der Waals surface area (Å²) in [4.78, 5) is 12.1. The number of hydrogen-bond donors (Lipinski definition) is 2. The number of fused-ring (bicyclic) bond motifs is 1. The standard InChI is InChI=1S/C15H20N2O2/c18-15(17-6-3-11-5-8-19-10-11)13-1-2-14-12(9-13)4-7-16-14/h1-2,9,11,16H,3-8,10H2,(H,17,18). The zero-order chi connectivity index (χ0) is 13.1. The average molecular weight is 260 g/mol. The summed E-state index contributed by atoms with van der Waals surface area (Å²) in [5, 5.41) is 6.30. The average Bonchev–Trinajstić information content (AvgIpc) is 3.08. The van der Waals surface area contributed by atoms with Crippen LogP contribution in [-0.2, 0) is 11.2 Å². The Hall–Kier alpha value is -1.55. The van der Waals surface area contributed by atoms with E-state index in [9.17, 15) is 4.79 Å². The Bertz CT molecular complexity index is 467. The predicted octanol–water partition coefficient (Wildman–Crippen LogP) is 1.81. The summed E-state index contributed by atoms with van der Waals surface area (Å²) in [5.41, 5.74) is 3.18. The van der Waals surface area contributed by atoms with E-state index in [1.807, 2.05) is 18.2 Å². The van der Waals surface area contributed by atoms with E-state index in [4.69, 9.17) is 4.74 Å². The van der Waals surface area contributed by atoms with Crippen molar-refractivity contribution in [3.63, 3.8) is 0 Å². The van der Waals surface area contributed by atoms with Gasteiger partial charge in [0.25, 0.3) is 5.91 Å². The van der Waals surface area contributed by atoms with Crippen molar-refractivity contribution in [1.29, 1.82) is 0 Å². The number of amides is 1. The molecular formula is C15H20N2O2. The highest BCUT2D eigenvalue weighted by atomic mass is 16.5. The normalized spacial score (nSPS) is 20.9. The summed E-state index contributed by atoms with van der Waals surface area (Å²) in [5.74, 6) is 0.651. The van der Waals surface area contributed by atoms with Crippen LogP contribution in [0.3, 0.4) is 0 Å². The van der Waals surface area contributed by atoms with Gasteiger partial charge in [-0.05, 0) is 48.9 Å². The van der Waals surface area contributed by atoms with Crippen molar-refractivity contribution in [2.45, 2.75) is 19.3 Å². The number of ether oxygens (including phenoxy) is 1. The third-order valence-corrected chi connectivity index (χ3v) is 3.94. The van der Waals surface area contributed by atoms with E-state index in [0.717, 1.165) is 51.1 Å². The van der Waals surface area contributed by atoms with Gasteiger partial charge in [-0.3, -0.25) is 4.79 Å². The predicted molar refractivity (Wildman–Crippen MR) is 74.5 cm³/mol. The number of rotatable bonds is 4. The molecule has 0 aliphatic carbocycles. The van der Waals surface area contributed by atoms with Gasteiger partial charge in [0.15, 0.2) is 0 Å². The van der Waals surface area contributed by atoms with Crippen molar-refractivity contribution in [2.75, 3.05) is 31.6 Å². The minimum absolute atomic E-state index is 0.0358. The lowest BCUT2D eigenvalue weighted by Crippen LogP contribution is -2.26. The highest BCUT2D eigenvalue weighted by molar-refractivity contribution is 5.95. The van der Waals surface area contributed by atoms with E-state index in [-0.39, 0.29) is 5.91 Å². The molecule has 0 bridgehead atoms. The first kappa shape index (κ1) is 12.5. The molecule has 3 rings (SSSR count). The molecule has 1 fully saturated rings. The van der Waals surface area contributed by atoms with Crippen molar-refractivity contribution in [1.82, 2.24) is 5.32 Å². The Morgan fingerprint density at radius 2 is 2.42 bits per heavy atom. The molecular weight excluding hydrogens is 240 g/mol. The Morgan fingerprint density at radius 1 is 1.47 bits per heavy atom. The smallest absolute Gasteiger partial charge is 0.251 e. The zero-order valence-electron chi connectivity index (χ0n) is 11.1. The monoisotopic (exact) mass is 260 g/mol. The molecule has 1 aromatic carbocycles. The summed E-state index contributed by atoms with van der Waals surface area (Å²) in [6, 6.07) is 5.90. The van der Waals surface area contributed by atoms with Crippen LogP contribution in [0.25, 0.3) is 0 Å². The molecule has 2 heterocycles. The molecule has 0 spiro atoms. The maximum Gasteiger partial charge on any atom is 0.251 e. The highest BCUT2D eigenvalue weighted by Gasteiger charge is 2.16. The van der Waals surface area contributed by atoms with Gasteiger partial charge < -0.3 is 15.4 Å². The Labute approximate surface area is 113 Å². The van der Waals surface area contributed by atoms with E-state index in [1.54, 1.807) is 0 Å². The van der Waals surface area contributed by atoms with Gasteiger partial charge in [0, 0.05) is 37.6 Å². The lowest BCUT2D eigenvalue weighted by Gasteiger charge is -2.09. The van der Waals surface area contributed by atoms with Crippen LogP contribution in [0.5, 0.6) is 0 Å². The van der Waals surface area contributed by atoms with E-state index in [2.05, 4.69) is 10.6 Å². The fraction of sp³-hybridized carbons (Fsp3) is 0.533. The molecule has 4 heteroatoms. The highest BCUT2D eigenvalue weighted by Crippen LogP contribution is 2.23. The largest absolute Gasteiger partial charge is 0.384 e. The molecule has 1 unspecified atom stereocenters. The van der Waals surface area contributed by atoms with Crippen molar-refractivity contribution >= 4 is 11.6 Å². The fourth-order valence-electron chi connectivity index (χ4n) is 2.75. The molecule has 102 valence electrons. The lowest BCUT2D eigenvalue weighted by molar-refractivity contribution is 0.0950. The Morgan fingerprint density at radius 3 is 3.26 bits per heavy atom. The van der Waals surface area contributed by atoms with Crippen molar-refractivity contribution in [3.05, 3.63) is 29.3 Å². The number of carbonyl (C=O) groups excluding carboxylic acids is 1. The van der Waals surface area contributed by atoms with Gasteiger partial charge >= 0.3 is 0 Å². The summed E-state index contributed by atoms with van der Waals surface area (Å²) in [6.07, 6.45) is 3.15. The molecule has 1 saturated heterocycles. The van der Waals surface area contributed by atoms with Gasteiger partial charge in [0.1, 0.15) is 0 Å². The zero-order valence-corrected chi connectivity index (χ0v) is 11.1. The molecule has 0 saturated carbocycles. The molecule has 2 N–H and O–H groups in total. The van der Waals surface area contributed by atoms with Gasteiger partial charge in [-0.2, -0.15) is 0 Å². The van der Waals surface area contributed by atoms with Crippen LogP contribution in [0.2, 0.25) is 0 Å². The third-order valence-electron chi connectivity index (χ3n) is 3.94. The van der Waals surface area contributed by atoms with E-state index in [0.29, 0.717) is 5.92 Å². The number of carbonyl (C=O) groups is 1. The van der Waals surface area contributed by atoms with E-state index < -0.39 is 0 Å². The summed E-state index contributed by atoms with van der Waals surface area (Å²) < 4.78 is 5.33. The van der Waals surface area contributed by atoms with Crippen LogP contribution in [0.1, 0.15) is 28.8 Å². The van der Waals surface area contributed by atoms with Crippen LogP contribution >= 0.6 is 0 Å². The quantitative estimate of drug-likeness (QED) is 0.868. The molecule has 1 amide bonds. The Balaban J connectivity index is 1.52. The Kier molecular flexibility index (Phi) is 3.69. The minimum Gasteiger partial charge on any atom is -0.384 e. The molecule has 0 aromatic heterocycles. The molecule has 1 aromatic rings. The number of nitrogens with one attached hydrogen (secondary N) is 2. The van der Waals surface area contributed by atoms with Crippen molar-refractivity contribution < 1.29 is 9.53 Å². The second-order valence-electron chi connectivity index (χ2n) is 5.32. The molecule has 19 heavy (non-hydrogen) atoms. The molecule has 2 aliphatic rings. The van der Waals surface area contributed by atoms with Gasteiger partial charge in [0.05, 0.1) is 0 Å². The third kappa shape index (κ3) is 2.89. The van der Waals surface area contributed by atoms with Crippen LogP contribution < -0.4 is 10.6 Å². The number of anilines is 1. The van der Waals surface area contributed by atoms with Gasteiger partial charge in [-0.1, -0.05) is 0 Å². The summed E-state index contributed by atoms with van der Waals surface area (Å²) >= 11 is 0. The molecule has 0 radical (unpaired) electrons. The maximum atomic E-state index is 12.1. The minimum atomic E-state index is 0.0358. The summed E-state index contributed by atoms with van der Waals surface area (Å²) in [7, 11) is 0. The number of benzene rings is 1. The molecule has 4 nitrogen and oxygen atoms in total. The number of hydrogen-bond acceptors (Lipinski definition) is 3. The maximum absolute atomic E-state index is 12.1. The van der Waals surface area contributed by atoms with E-state index >= 15 is 0 Å². The second-order valence-corrected chi connectivity index (χ2v) is 5.32. The lowest BCUT2D eigenvalue weighted by atomic mass is 10.0. The molecule has 2 aliphatic heterocycles. The molecule has 1 atom stereocenters. The van der Waals surface area contributed by atoms with Crippen LogP contribution in [0, 0.1) is 5.92 Å². The van der Waals surface area contributed by atoms with E-state index in [1.165, 1.54) is 11.3 Å². The summed E-state index contributed by atoms with van der Waals surface area (Å²) in [6.45, 7) is 3.43. The van der Waals surface area contributed by atoms with Crippen LogP contribution in [0.4, 0.5) is 5.69 Å². The fourth-order valence-corrected chi connectivity index (χ4v) is 2.75. The first-order valence-corrected chi connectivity index (χ1v) is 7.05. The van der Waals surface area contributed by atoms with Crippen molar-refractivity contribution in [3.8, 4) is 0 Å². The first-order chi connectivity index (χ1) is 9.33. The van der Waals surface area contributed by atoms with Gasteiger partial charge in [-0.15, -0.1) is 0 Å². The van der Waals surface area contributed by atoms with Gasteiger partial charge in [0.2, 0.25) is 0 Å². The van der Waals surface area contributed by atoms with Gasteiger partial charge in [-0.25, -0.2) is 0 Å². The second kappa shape index (κ2) is 5.61. The van der Waals surface area contributed by atoms with Crippen molar-refractivity contribution in [2.24, 2.45) is 5.92 Å². The van der Waals surface area contributed by atoms with Crippen LogP contribution in [-0.4, -0.2) is 32.2 Å². The van der Waals surface area contributed by atoms with Crippen LogP contribution in [0.15, 0.2) is 18.2 Å². The SMILES string of the molecule is O=C(NCCC1CCOC1)c1ccc2c(c1)CCN2. The topological polar surface area (TPSA) is 50.4 Å². The first-order valence-electron chi connectivity index (χ1n) is 7.05.